The molecule has 0 unspecified atom stereocenters. The van der Waals surface area contributed by atoms with E-state index in [1.54, 1.807) is 0 Å². The minimum atomic E-state index is 0.657. The summed E-state index contributed by atoms with van der Waals surface area (Å²) in [6.45, 7) is 1.83. The first-order valence-corrected chi connectivity index (χ1v) is 4.93. The van der Waals surface area contributed by atoms with Gasteiger partial charge >= 0.3 is 0 Å². The summed E-state index contributed by atoms with van der Waals surface area (Å²) in [4.78, 5) is 4.92. The van der Waals surface area contributed by atoms with Gasteiger partial charge in [-0.05, 0) is 39.0 Å². The molecule has 0 rings (SSSR count). The lowest BCUT2D eigenvalue weighted by Crippen LogP contribution is -2.12. The molecule has 0 aromatic carbocycles. The maximum Gasteiger partial charge on any atom is 0.0257 e. The molecule has 0 aromatic rings. The Bertz CT molecular complexity index is 150. The fraction of sp³-hybridized carbons (Fsp3) is 1.00. The largest absolute Gasteiger partial charge is 0.309 e. The van der Waals surface area contributed by atoms with Gasteiger partial charge in [0.2, 0.25) is 0 Å². The van der Waals surface area contributed by atoms with Crippen LogP contribution in [-0.2, 0) is 0 Å². The third-order valence-electron chi connectivity index (χ3n) is 1.93. The van der Waals surface area contributed by atoms with Gasteiger partial charge in [0.25, 0.3) is 0 Å². The van der Waals surface area contributed by atoms with Crippen molar-refractivity contribution >= 4 is 0 Å². The van der Waals surface area contributed by atoms with Crippen LogP contribution in [0.2, 0.25) is 0 Å². The van der Waals surface area contributed by atoms with Crippen molar-refractivity contribution in [2.75, 3.05) is 27.2 Å². The molecule has 0 heterocycles. The van der Waals surface area contributed by atoms with Crippen LogP contribution in [0, 0.1) is 0 Å². The highest BCUT2D eigenvalue weighted by molar-refractivity contribution is 4.50. The van der Waals surface area contributed by atoms with Gasteiger partial charge < -0.3 is 4.90 Å². The Balaban J connectivity index is 2.95. The Morgan fingerprint density at radius 2 is 1.69 bits per heavy atom. The highest BCUT2D eigenvalue weighted by Gasteiger charge is 1.91. The maximum absolute atomic E-state index is 8.02. The first-order valence-electron chi connectivity index (χ1n) is 4.93. The van der Waals surface area contributed by atoms with E-state index in [-0.39, 0.29) is 0 Å². The van der Waals surface area contributed by atoms with Crippen LogP contribution in [0.15, 0.2) is 5.11 Å². The van der Waals surface area contributed by atoms with E-state index in [4.69, 9.17) is 5.53 Å². The number of azide groups is 1. The Kier molecular flexibility index (Phi) is 8.83. The molecular formula is C9H20N4. The molecule has 0 saturated heterocycles. The Hall–Kier alpha value is -0.730. The number of hydrogen-bond donors (Lipinski definition) is 0. The van der Waals surface area contributed by atoms with E-state index >= 15 is 0 Å². The van der Waals surface area contributed by atoms with E-state index in [1.165, 1.54) is 32.2 Å². The molecule has 0 fully saturated rings. The van der Waals surface area contributed by atoms with Crippen LogP contribution in [0.3, 0.4) is 0 Å². The third kappa shape index (κ3) is 11.3. The van der Waals surface area contributed by atoms with Gasteiger partial charge in [-0.15, -0.1) is 0 Å². The maximum atomic E-state index is 8.02. The van der Waals surface area contributed by atoms with Gasteiger partial charge in [-0.1, -0.05) is 24.4 Å². The second-order valence-corrected chi connectivity index (χ2v) is 3.53. The van der Waals surface area contributed by atoms with Gasteiger partial charge in [-0.2, -0.15) is 0 Å². The molecule has 0 saturated carbocycles. The van der Waals surface area contributed by atoms with E-state index in [9.17, 15) is 0 Å². The summed E-state index contributed by atoms with van der Waals surface area (Å²) in [5.74, 6) is 0. The Labute approximate surface area is 80.6 Å². The van der Waals surface area contributed by atoms with Gasteiger partial charge in [0, 0.05) is 11.5 Å². The molecule has 0 aliphatic carbocycles. The van der Waals surface area contributed by atoms with Gasteiger partial charge in [0.1, 0.15) is 0 Å². The Morgan fingerprint density at radius 1 is 1.08 bits per heavy atom. The summed E-state index contributed by atoms with van der Waals surface area (Å²) in [6, 6.07) is 0. The van der Waals surface area contributed by atoms with E-state index in [0.29, 0.717) is 6.54 Å². The fourth-order valence-corrected chi connectivity index (χ4v) is 1.19. The third-order valence-corrected chi connectivity index (χ3v) is 1.93. The van der Waals surface area contributed by atoms with Crippen LogP contribution >= 0.6 is 0 Å². The molecule has 0 spiro atoms. The summed E-state index contributed by atoms with van der Waals surface area (Å²) >= 11 is 0. The lowest BCUT2D eigenvalue weighted by Gasteiger charge is -2.08. The van der Waals surface area contributed by atoms with Gasteiger partial charge in [0.15, 0.2) is 0 Å². The molecule has 76 valence electrons. The van der Waals surface area contributed by atoms with E-state index in [1.807, 2.05) is 0 Å². The molecule has 4 nitrogen and oxygen atoms in total. The average Bonchev–Trinajstić information content (AvgIpc) is 2.09. The van der Waals surface area contributed by atoms with Crippen LogP contribution in [0.25, 0.3) is 10.4 Å². The summed E-state index contributed by atoms with van der Waals surface area (Å²) in [5, 5.41) is 3.49. The zero-order valence-corrected chi connectivity index (χ0v) is 8.74. The van der Waals surface area contributed by atoms with E-state index in [2.05, 4.69) is 29.0 Å². The van der Waals surface area contributed by atoms with Crippen molar-refractivity contribution in [3.63, 3.8) is 0 Å². The van der Waals surface area contributed by atoms with Crippen LogP contribution in [0.5, 0.6) is 0 Å². The zero-order valence-electron chi connectivity index (χ0n) is 8.74. The predicted molar refractivity (Wildman–Crippen MR) is 55.7 cm³/mol. The fourth-order valence-electron chi connectivity index (χ4n) is 1.19. The van der Waals surface area contributed by atoms with Gasteiger partial charge in [-0.3, -0.25) is 0 Å². The van der Waals surface area contributed by atoms with Gasteiger partial charge in [0.05, 0.1) is 0 Å². The average molecular weight is 184 g/mol. The molecule has 0 aliphatic heterocycles. The second kappa shape index (κ2) is 9.36. The summed E-state index contributed by atoms with van der Waals surface area (Å²) in [5.41, 5.74) is 8.02. The number of nitrogens with zero attached hydrogens (tertiary/aromatic N) is 4. The van der Waals surface area contributed by atoms with Crippen LogP contribution in [-0.4, -0.2) is 32.1 Å². The van der Waals surface area contributed by atoms with Crippen molar-refractivity contribution in [3.8, 4) is 0 Å². The monoisotopic (exact) mass is 184 g/mol. The zero-order chi connectivity index (χ0) is 9.94. The highest BCUT2D eigenvalue weighted by Crippen LogP contribution is 2.03. The van der Waals surface area contributed by atoms with Crippen molar-refractivity contribution in [3.05, 3.63) is 10.4 Å². The lowest BCUT2D eigenvalue weighted by atomic mass is 10.1. The smallest absolute Gasteiger partial charge is 0.0257 e. The second-order valence-electron chi connectivity index (χ2n) is 3.53. The first kappa shape index (κ1) is 12.3. The van der Waals surface area contributed by atoms with Crippen LogP contribution in [0.1, 0.15) is 32.1 Å². The number of hydrogen-bond acceptors (Lipinski definition) is 2. The molecule has 0 aliphatic rings. The molecule has 0 amide bonds. The number of rotatable bonds is 8. The Morgan fingerprint density at radius 3 is 2.31 bits per heavy atom. The summed E-state index contributed by atoms with van der Waals surface area (Å²) < 4.78 is 0. The summed E-state index contributed by atoms with van der Waals surface area (Å²) in [6.07, 6.45) is 6.04. The van der Waals surface area contributed by atoms with Crippen molar-refractivity contribution in [2.24, 2.45) is 5.11 Å². The lowest BCUT2D eigenvalue weighted by molar-refractivity contribution is 0.390. The minimum absolute atomic E-state index is 0.657. The molecule has 0 atom stereocenters. The molecular weight excluding hydrogens is 164 g/mol. The molecule has 0 bridgehead atoms. The quantitative estimate of drug-likeness (QED) is 0.248. The molecule has 4 heteroatoms. The molecule has 13 heavy (non-hydrogen) atoms. The number of unbranched alkanes of at least 4 members (excludes halogenated alkanes) is 4. The summed E-state index contributed by atoms with van der Waals surface area (Å²) in [7, 11) is 4.20. The van der Waals surface area contributed by atoms with Crippen molar-refractivity contribution in [2.45, 2.75) is 32.1 Å². The van der Waals surface area contributed by atoms with Crippen molar-refractivity contribution in [1.82, 2.24) is 4.90 Å². The molecule has 0 radical (unpaired) electrons. The van der Waals surface area contributed by atoms with Gasteiger partial charge in [-0.25, -0.2) is 0 Å². The van der Waals surface area contributed by atoms with E-state index < -0.39 is 0 Å². The first-order chi connectivity index (χ1) is 6.27. The normalized spacial score (nSPS) is 10.1. The minimum Gasteiger partial charge on any atom is -0.309 e. The topological polar surface area (TPSA) is 52.0 Å². The van der Waals surface area contributed by atoms with E-state index in [0.717, 1.165) is 6.42 Å². The highest BCUT2D eigenvalue weighted by atomic mass is 15.1. The van der Waals surface area contributed by atoms with Crippen molar-refractivity contribution < 1.29 is 0 Å². The van der Waals surface area contributed by atoms with Crippen LogP contribution in [0.4, 0.5) is 0 Å². The standard InChI is InChI=1S/C9H20N4/c1-13(2)9-7-5-3-4-6-8-11-12-10/h3-9H2,1-2H3. The SMILES string of the molecule is CN(C)CCCCCCCN=[N+]=[N-]. The molecule has 0 N–H and O–H groups in total. The van der Waals surface area contributed by atoms with Crippen molar-refractivity contribution in [1.29, 1.82) is 0 Å². The molecule has 0 aromatic heterocycles. The van der Waals surface area contributed by atoms with Crippen LogP contribution < -0.4 is 0 Å². The predicted octanol–water partition coefficient (Wildman–Crippen LogP) is 2.81.